The molecule has 0 aliphatic heterocycles. The van der Waals surface area contributed by atoms with Crippen molar-refractivity contribution in [2.45, 2.75) is 0 Å². The number of para-hydroxylation sites is 2. The van der Waals surface area contributed by atoms with Crippen molar-refractivity contribution in [2.75, 3.05) is 0 Å². The van der Waals surface area contributed by atoms with Crippen molar-refractivity contribution < 1.29 is 0 Å². The van der Waals surface area contributed by atoms with E-state index in [1.165, 1.54) is 20.7 Å². The monoisotopic (exact) mass is 962 g/mol. The summed E-state index contributed by atoms with van der Waals surface area (Å²) < 4.78 is 2.19. The Morgan fingerprint density at radius 1 is 0.257 bits per heavy atom. The summed E-state index contributed by atoms with van der Waals surface area (Å²) in [4.78, 5) is 27.1. The van der Waals surface area contributed by atoms with E-state index in [9.17, 15) is 0 Å². The summed E-state index contributed by atoms with van der Waals surface area (Å²) in [6, 6.07) is 98.4. The molecule has 6 nitrogen and oxygen atoms in total. The van der Waals surface area contributed by atoms with E-state index in [2.05, 4.69) is 247 Å². The van der Waals surface area contributed by atoms with Gasteiger partial charge in [0.05, 0.1) is 22.4 Å². The van der Waals surface area contributed by atoms with Crippen molar-refractivity contribution in [3.63, 3.8) is 0 Å². The van der Waals surface area contributed by atoms with Crippen molar-refractivity contribution in [1.82, 2.24) is 29.5 Å². The average Bonchev–Trinajstić information content (AvgIpc) is 3.84. The van der Waals surface area contributed by atoms with Gasteiger partial charge in [0, 0.05) is 38.6 Å². The zero-order chi connectivity index (χ0) is 49.3. The maximum atomic E-state index is 5.53. The molecule has 3 heterocycles. The van der Waals surface area contributed by atoms with Crippen LogP contribution in [0, 0.1) is 0 Å². The van der Waals surface area contributed by atoms with Gasteiger partial charge in [-0.3, -0.25) is 4.57 Å². The second-order valence-corrected chi connectivity index (χ2v) is 22.2. The third kappa shape index (κ3) is 7.89. The summed E-state index contributed by atoms with van der Waals surface area (Å²) in [6.45, 7) is 0. The van der Waals surface area contributed by atoms with Crippen molar-refractivity contribution in [2.24, 2.45) is 0 Å². The molecule has 7 heteroatoms. The van der Waals surface area contributed by atoms with E-state index in [0.29, 0.717) is 23.4 Å². The maximum Gasteiger partial charge on any atom is 0.238 e. The van der Waals surface area contributed by atoms with Gasteiger partial charge in [-0.25, -0.2) is 15.0 Å². The first-order valence-electron chi connectivity index (χ1n) is 24.9. The lowest BCUT2D eigenvalue weighted by molar-refractivity contribution is 0.954. The van der Waals surface area contributed by atoms with Gasteiger partial charge in [-0.2, -0.15) is 9.97 Å². The number of aromatic nitrogens is 6. The van der Waals surface area contributed by atoms with Crippen LogP contribution in [0.15, 0.2) is 279 Å². The van der Waals surface area contributed by atoms with E-state index < -0.39 is 8.07 Å². The largest absolute Gasteiger partial charge is 0.278 e. The molecule has 3 aromatic heterocycles. The number of rotatable bonds is 11. The molecule has 13 rings (SSSR count). The number of hydrogen-bond acceptors (Lipinski definition) is 5. The van der Waals surface area contributed by atoms with Gasteiger partial charge in [-0.15, -0.1) is 0 Å². The van der Waals surface area contributed by atoms with E-state index in [4.69, 9.17) is 24.9 Å². The molecule has 0 aliphatic carbocycles. The molecule has 0 amide bonds. The minimum atomic E-state index is -2.91. The van der Waals surface area contributed by atoms with Crippen molar-refractivity contribution in [3.05, 3.63) is 279 Å². The smallest absolute Gasteiger partial charge is 0.238 e. The van der Waals surface area contributed by atoms with E-state index in [0.717, 1.165) is 72.1 Å². The lowest BCUT2D eigenvalue weighted by Gasteiger charge is -2.34. The summed E-state index contributed by atoms with van der Waals surface area (Å²) in [5.74, 6) is 2.27. The lowest BCUT2D eigenvalue weighted by atomic mass is 9.94. The summed E-state index contributed by atoms with van der Waals surface area (Å²) in [6.07, 6.45) is 0. The Labute approximate surface area is 430 Å². The van der Waals surface area contributed by atoms with Crippen LogP contribution in [-0.4, -0.2) is 37.6 Å². The second-order valence-electron chi connectivity index (χ2n) is 18.4. The van der Waals surface area contributed by atoms with Gasteiger partial charge in [0.1, 0.15) is 0 Å². The summed E-state index contributed by atoms with van der Waals surface area (Å²) >= 11 is 0. The number of hydrogen-bond donors (Lipinski definition) is 0. The molecule has 0 bridgehead atoms. The average molecular weight is 963 g/mol. The van der Waals surface area contributed by atoms with Crippen LogP contribution in [-0.2, 0) is 0 Å². The Morgan fingerprint density at radius 2 is 0.622 bits per heavy atom. The van der Waals surface area contributed by atoms with Gasteiger partial charge in [-0.1, -0.05) is 261 Å². The van der Waals surface area contributed by atoms with Gasteiger partial charge in [0.25, 0.3) is 0 Å². The van der Waals surface area contributed by atoms with Crippen molar-refractivity contribution in [1.29, 1.82) is 0 Å². The zero-order valence-corrected chi connectivity index (χ0v) is 41.2. The number of nitrogens with zero attached hydrogens (tertiary/aromatic N) is 6. The highest BCUT2D eigenvalue weighted by atomic mass is 28.3. The molecule has 0 saturated heterocycles. The molecule has 0 aliphatic rings. The summed E-state index contributed by atoms with van der Waals surface area (Å²) in [5.41, 5.74) is 10.3. The van der Waals surface area contributed by atoms with Crippen LogP contribution >= 0.6 is 0 Å². The quantitative estimate of drug-likeness (QED) is 0.0954. The molecule has 0 spiro atoms. The molecule has 0 unspecified atom stereocenters. The minimum Gasteiger partial charge on any atom is -0.278 e. The highest BCUT2D eigenvalue weighted by Gasteiger charge is 2.41. The first-order valence-corrected chi connectivity index (χ1v) is 26.9. The third-order valence-electron chi connectivity index (χ3n) is 14.1. The fourth-order valence-corrected chi connectivity index (χ4v) is 15.5. The molecule has 0 N–H and O–H groups in total. The fourth-order valence-electron chi connectivity index (χ4n) is 10.7. The predicted octanol–water partition coefficient (Wildman–Crippen LogP) is 13.1. The Kier molecular flexibility index (Phi) is 11.5. The molecular weight excluding hydrogens is 917 g/mol. The first kappa shape index (κ1) is 44.3. The Bertz CT molecular complexity index is 3920. The molecule has 0 saturated carbocycles. The van der Waals surface area contributed by atoms with Crippen LogP contribution in [0.2, 0.25) is 0 Å². The molecule has 74 heavy (non-hydrogen) atoms. The van der Waals surface area contributed by atoms with E-state index in [1.54, 1.807) is 0 Å². The highest BCUT2D eigenvalue weighted by Crippen LogP contribution is 2.39. The Hall–Kier alpha value is -9.69. The lowest BCUT2D eigenvalue weighted by Crippen LogP contribution is -2.74. The SMILES string of the molecule is c1ccc(-c2cc(-c3ccccc3)nc(-c3ccccc3-c3ccccc3-c3nc(-c4cccc([Si](c5ccccc5)(c5ccccc5)c5ccccc5)c4)nc(-n4c5ccccc5c5ccccc54)n3)n2)cc1. The predicted molar refractivity (Wildman–Crippen MR) is 306 cm³/mol. The Balaban J connectivity index is 1.05. The highest BCUT2D eigenvalue weighted by molar-refractivity contribution is 7.19. The van der Waals surface area contributed by atoms with Crippen LogP contribution in [0.3, 0.4) is 0 Å². The molecule has 10 aromatic carbocycles. The van der Waals surface area contributed by atoms with Crippen LogP contribution in [0.5, 0.6) is 0 Å². The zero-order valence-electron chi connectivity index (χ0n) is 40.2. The van der Waals surface area contributed by atoms with E-state index in [1.807, 2.05) is 36.4 Å². The molecule has 13 aromatic rings. The number of fused-ring (bicyclic) bond motifs is 3. The van der Waals surface area contributed by atoms with Gasteiger partial charge >= 0.3 is 0 Å². The standard InChI is InChI=1S/C67H46N6Si/c1-6-25-47(26-7-1)60-46-61(48-27-8-2-9-28-48)69-65(68-60)58-41-18-16-37-54(58)55-38-17-19-42-59(55)66-70-64(71-67(72-66)73-62-43-22-20-39-56(62)57-40-21-23-44-63(57)73)49-29-24-36-53(45-49)74(50-30-10-3-11-31-50,51-32-12-4-13-33-51)52-34-14-5-15-35-52/h1-46H. The van der Waals surface area contributed by atoms with Crippen molar-refractivity contribution in [3.8, 4) is 73.8 Å². The first-order chi connectivity index (χ1) is 36.7. The maximum absolute atomic E-state index is 5.53. The third-order valence-corrected chi connectivity index (χ3v) is 18.8. The van der Waals surface area contributed by atoms with Crippen LogP contribution < -0.4 is 20.7 Å². The van der Waals surface area contributed by atoms with E-state index >= 15 is 0 Å². The van der Waals surface area contributed by atoms with Crippen LogP contribution in [0.1, 0.15) is 0 Å². The normalized spacial score (nSPS) is 11.5. The summed E-state index contributed by atoms with van der Waals surface area (Å²) in [5, 5.41) is 7.34. The van der Waals surface area contributed by atoms with Gasteiger partial charge in [0.15, 0.2) is 25.5 Å². The van der Waals surface area contributed by atoms with Gasteiger partial charge < -0.3 is 0 Å². The van der Waals surface area contributed by atoms with Crippen LogP contribution in [0.4, 0.5) is 0 Å². The molecule has 0 fully saturated rings. The molecule has 0 radical (unpaired) electrons. The fraction of sp³-hybridized carbons (Fsp3) is 0. The molecular formula is C67H46N6Si. The topological polar surface area (TPSA) is 69.4 Å². The number of benzene rings is 10. The summed E-state index contributed by atoms with van der Waals surface area (Å²) in [7, 11) is -2.91. The van der Waals surface area contributed by atoms with E-state index in [-0.39, 0.29) is 0 Å². The van der Waals surface area contributed by atoms with Gasteiger partial charge in [-0.05, 0) is 50.1 Å². The van der Waals surface area contributed by atoms with Crippen LogP contribution in [0.25, 0.3) is 95.6 Å². The Morgan fingerprint density at radius 3 is 1.11 bits per heavy atom. The van der Waals surface area contributed by atoms with Gasteiger partial charge in [0.2, 0.25) is 5.95 Å². The molecule has 0 atom stereocenters. The second kappa shape index (κ2) is 19.1. The van der Waals surface area contributed by atoms with Crippen molar-refractivity contribution >= 4 is 50.6 Å². The molecule has 348 valence electrons. The minimum absolute atomic E-state index is 0.528.